The molecule has 1 aromatic carbocycles. The second-order valence-corrected chi connectivity index (χ2v) is 6.74. The summed E-state index contributed by atoms with van der Waals surface area (Å²) in [6.45, 7) is 5.75. The fourth-order valence-electron chi connectivity index (χ4n) is 1.82. The van der Waals surface area contributed by atoms with E-state index in [1.165, 1.54) is 6.07 Å². The zero-order valence-corrected chi connectivity index (χ0v) is 12.8. The van der Waals surface area contributed by atoms with Gasteiger partial charge in [-0.05, 0) is 30.0 Å². The summed E-state index contributed by atoms with van der Waals surface area (Å²) in [6, 6.07) is 5.48. The van der Waals surface area contributed by atoms with E-state index in [0.717, 1.165) is 5.56 Å². The third kappa shape index (κ3) is 4.31. The van der Waals surface area contributed by atoms with Crippen LogP contribution in [-0.2, 0) is 14.8 Å². The molecule has 1 rings (SSSR count). The second kappa shape index (κ2) is 6.85. The lowest BCUT2D eigenvalue weighted by Gasteiger charge is -2.15. The number of sulfonamides is 1. The van der Waals surface area contributed by atoms with Gasteiger partial charge in [-0.1, -0.05) is 39.3 Å². The number of carbonyl (C=O) groups is 1. The van der Waals surface area contributed by atoms with Crippen LogP contribution in [0.2, 0.25) is 0 Å². The third-order valence-electron chi connectivity index (χ3n) is 3.01. The molecule has 1 aromatic rings. The van der Waals surface area contributed by atoms with Gasteiger partial charge in [0.15, 0.2) is 0 Å². The molecule has 0 amide bonds. The Balaban J connectivity index is 3.04. The molecule has 0 fully saturated rings. The van der Waals surface area contributed by atoms with Crippen molar-refractivity contribution in [2.45, 2.75) is 50.5 Å². The quantitative estimate of drug-likeness (QED) is 0.809. The van der Waals surface area contributed by atoms with Gasteiger partial charge in [-0.2, -0.15) is 4.72 Å². The smallest absolute Gasteiger partial charge is 0.321 e. The maximum Gasteiger partial charge on any atom is 0.321 e. The topological polar surface area (TPSA) is 83.5 Å². The number of carboxylic acids is 1. The molecule has 6 heteroatoms. The molecule has 0 bridgehead atoms. The first-order valence-electron chi connectivity index (χ1n) is 6.63. The van der Waals surface area contributed by atoms with E-state index >= 15 is 0 Å². The van der Waals surface area contributed by atoms with Gasteiger partial charge in [0.25, 0.3) is 0 Å². The molecule has 20 heavy (non-hydrogen) atoms. The van der Waals surface area contributed by atoms with Crippen LogP contribution in [0.25, 0.3) is 0 Å². The van der Waals surface area contributed by atoms with Crippen molar-refractivity contribution in [3.63, 3.8) is 0 Å². The van der Waals surface area contributed by atoms with Crippen LogP contribution in [0.5, 0.6) is 0 Å². The lowest BCUT2D eigenvalue weighted by Crippen LogP contribution is -2.40. The fraction of sp³-hybridized carbons (Fsp3) is 0.500. The highest BCUT2D eigenvalue weighted by Gasteiger charge is 2.24. The minimum atomic E-state index is -3.81. The molecule has 1 unspecified atom stereocenters. The monoisotopic (exact) mass is 299 g/mol. The van der Waals surface area contributed by atoms with E-state index in [1.54, 1.807) is 12.1 Å². The SMILES string of the molecule is CCCC(NS(=O)(=O)c1cccc(C(C)C)c1)C(=O)O. The van der Waals surface area contributed by atoms with E-state index in [-0.39, 0.29) is 17.2 Å². The summed E-state index contributed by atoms with van der Waals surface area (Å²) in [5.41, 5.74) is 0.898. The molecule has 0 heterocycles. The average molecular weight is 299 g/mol. The van der Waals surface area contributed by atoms with Crippen molar-refractivity contribution in [2.24, 2.45) is 0 Å². The van der Waals surface area contributed by atoms with Gasteiger partial charge in [-0.15, -0.1) is 0 Å². The second-order valence-electron chi connectivity index (χ2n) is 5.03. The predicted octanol–water partition coefficient (Wildman–Crippen LogP) is 2.34. The van der Waals surface area contributed by atoms with Crippen LogP contribution >= 0.6 is 0 Å². The zero-order valence-electron chi connectivity index (χ0n) is 12.0. The van der Waals surface area contributed by atoms with Gasteiger partial charge < -0.3 is 5.11 Å². The Kier molecular flexibility index (Phi) is 5.71. The molecule has 5 nitrogen and oxygen atoms in total. The average Bonchev–Trinajstić information content (AvgIpc) is 2.38. The van der Waals surface area contributed by atoms with Crippen LogP contribution in [0.1, 0.15) is 45.1 Å². The van der Waals surface area contributed by atoms with Crippen LogP contribution < -0.4 is 4.72 Å². The Bertz CT molecular complexity index is 566. The first kappa shape index (κ1) is 16.7. The Morgan fingerprint density at radius 2 is 2.00 bits per heavy atom. The van der Waals surface area contributed by atoms with Gasteiger partial charge in [0, 0.05) is 0 Å². The molecule has 0 aliphatic rings. The van der Waals surface area contributed by atoms with Crippen molar-refractivity contribution in [3.8, 4) is 0 Å². The van der Waals surface area contributed by atoms with Crippen LogP contribution in [0.15, 0.2) is 29.2 Å². The van der Waals surface area contributed by atoms with Gasteiger partial charge in [0.2, 0.25) is 10.0 Å². The number of nitrogens with one attached hydrogen (secondary N) is 1. The Morgan fingerprint density at radius 1 is 1.35 bits per heavy atom. The lowest BCUT2D eigenvalue weighted by molar-refractivity contribution is -0.139. The molecule has 0 saturated heterocycles. The Hall–Kier alpha value is -1.40. The summed E-state index contributed by atoms with van der Waals surface area (Å²) >= 11 is 0. The highest BCUT2D eigenvalue weighted by molar-refractivity contribution is 7.89. The Morgan fingerprint density at radius 3 is 2.50 bits per heavy atom. The van der Waals surface area contributed by atoms with Gasteiger partial charge in [-0.3, -0.25) is 4.79 Å². The van der Waals surface area contributed by atoms with E-state index in [0.29, 0.717) is 6.42 Å². The summed E-state index contributed by atoms with van der Waals surface area (Å²) in [5.74, 6) is -0.952. The summed E-state index contributed by atoms with van der Waals surface area (Å²) in [6.07, 6.45) is 0.851. The number of carboxylic acid groups (broad SMARTS) is 1. The van der Waals surface area contributed by atoms with Gasteiger partial charge in [0.05, 0.1) is 4.90 Å². The number of aliphatic carboxylic acids is 1. The lowest BCUT2D eigenvalue weighted by atomic mass is 10.0. The van der Waals surface area contributed by atoms with Gasteiger partial charge >= 0.3 is 5.97 Å². The molecule has 0 radical (unpaired) electrons. The van der Waals surface area contributed by atoms with Crippen molar-refractivity contribution >= 4 is 16.0 Å². The fourth-order valence-corrected chi connectivity index (χ4v) is 3.10. The molecule has 2 N–H and O–H groups in total. The van der Waals surface area contributed by atoms with E-state index in [9.17, 15) is 13.2 Å². The summed E-state index contributed by atoms with van der Waals surface area (Å²) < 4.78 is 26.7. The van der Waals surface area contributed by atoms with Gasteiger partial charge in [0.1, 0.15) is 6.04 Å². The molecule has 112 valence electrons. The molecular weight excluding hydrogens is 278 g/mol. The minimum Gasteiger partial charge on any atom is -0.480 e. The Labute approximate surface area is 120 Å². The van der Waals surface area contributed by atoms with Crippen LogP contribution in [-0.4, -0.2) is 25.5 Å². The van der Waals surface area contributed by atoms with Crippen molar-refractivity contribution in [1.29, 1.82) is 0 Å². The third-order valence-corrected chi connectivity index (χ3v) is 4.48. The first-order valence-corrected chi connectivity index (χ1v) is 8.11. The highest BCUT2D eigenvalue weighted by atomic mass is 32.2. The number of hydrogen-bond acceptors (Lipinski definition) is 3. The van der Waals surface area contributed by atoms with E-state index < -0.39 is 22.0 Å². The predicted molar refractivity (Wildman–Crippen MR) is 77.2 cm³/mol. The zero-order chi connectivity index (χ0) is 15.3. The van der Waals surface area contributed by atoms with E-state index in [1.807, 2.05) is 26.8 Å². The van der Waals surface area contributed by atoms with Crippen LogP contribution in [0.3, 0.4) is 0 Å². The maximum atomic E-state index is 12.2. The van der Waals surface area contributed by atoms with Gasteiger partial charge in [-0.25, -0.2) is 8.42 Å². The van der Waals surface area contributed by atoms with E-state index in [2.05, 4.69) is 4.72 Å². The number of rotatable bonds is 7. The van der Waals surface area contributed by atoms with Crippen LogP contribution in [0.4, 0.5) is 0 Å². The summed E-state index contributed by atoms with van der Waals surface area (Å²) in [7, 11) is -3.81. The number of benzene rings is 1. The molecule has 0 aromatic heterocycles. The van der Waals surface area contributed by atoms with Crippen LogP contribution in [0, 0.1) is 0 Å². The highest BCUT2D eigenvalue weighted by Crippen LogP contribution is 2.19. The minimum absolute atomic E-state index is 0.103. The van der Waals surface area contributed by atoms with Crippen molar-refractivity contribution in [3.05, 3.63) is 29.8 Å². The summed E-state index contributed by atoms with van der Waals surface area (Å²) in [4.78, 5) is 11.1. The summed E-state index contributed by atoms with van der Waals surface area (Å²) in [5, 5.41) is 9.03. The normalized spacial score (nSPS) is 13.4. The molecule has 1 atom stereocenters. The molecule has 0 spiro atoms. The van der Waals surface area contributed by atoms with E-state index in [4.69, 9.17) is 5.11 Å². The van der Waals surface area contributed by atoms with Crippen molar-refractivity contribution < 1.29 is 18.3 Å². The number of hydrogen-bond donors (Lipinski definition) is 2. The standard InChI is InChI=1S/C14H21NO4S/c1-4-6-13(14(16)17)15-20(18,19)12-8-5-7-11(9-12)10(2)3/h5,7-10,13,15H,4,6H2,1-3H3,(H,16,17). The first-order chi connectivity index (χ1) is 9.27. The molecule has 0 saturated carbocycles. The molecular formula is C14H21NO4S. The molecule has 0 aliphatic heterocycles. The maximum absolute atomic E-state index is 12.2. The van der Waals surface area contributed by atoms with Crippen molar-refractivity contribution in [1.82, 2.24) is 4.72 Å². The van der Waals surface area contributed by atoms with Crippen molar-refractivity contribution in [2.75, 3.05) is 0 Å². The largest absolute Gasteiger partial charge is 0.480 e. The molecule has 0 aliphatic carbocycles.